The van der Waals surface area contributed by atoms with Gasteiger partial charge in [-0.25, -0.2) is 0 Å². The summed E-state index contributed by atoms with van der Waals surface area (Å²) < 4.78 is 11.8. The van der Waals surface area contributed by atoms with E-state index in [2.05, 4.69) is 60.1 Å². The van der Waals surface area contributed by atoms with E-state index >= 15 is 0 Å². The average molecular weight is 668 g/mol. The van der Waals surface area contributed by atoms with Gasteiger partial charge in [0.1, 0.15) is 23.3 Å². The standard InChI is InChI=1S/C38H42ClN5O4/c1-23-4-10-27(11-5-23)24(2)42-22-30-16-17-35(48-30)32-19-31(33(39)20-36(32)47-3)37(45)44-34(18-25-6-8-26(21-40)9-7-25)38(46)43-29-14-12-28(41)13-15-29/h4-11,16-17,19-20,24,28-29,34,42H,12-15,18,22,41H2,1-3H3,(H,43,46)(H,44,45). The molecule has 0 aliphatic heterocycles. The number of amides is 2. The van der Waals surface area contributed by atoms with Crippen molar-refractivity contribution in [1.82, 2.24) is 16.0 Å². The maximum Gasteiger partial charge on any atom is 0.253 e. The van der Waals surface area contributed by atoms with Gasteiger partial charge in [-0.1, -0.05) is 53.6 Å². The number of hydrogen-bond donors (Lipinski definition) is 4. The van der Waals surface area contributed by atoms with Crippen LogP contribution in [0.25, 0.3) is 11.3 Å². The van der Waals surface area contributed by atoms with Crippen LogP contribution in [-0.4, -0.2) is 37.0 Å². The summed E-state index contributed by atoms with van der Waals surface area (Å²) in [5.41, 5.74) is 10.5. The number of halogens is 1. The van der Waals surface area contributed by atoms with Crippen molar-refractivity contribution in [2.75, 3.05) is 7.11 Å². The van der Waals surface area contributed by atoms with Gasteiger partial charge < -0.3 is 30.8 Å². The van der Waals surface area contributed by atoms with Gasteiger partial charge in [-0.05, 0) is 81.0 Å². The first-order valence-corrected chi connectivity index (χ1v) is 16.6. The molecular weight excluding hydrogens is 626 g/mol. The number of benzene rings is 3. The fourth-order valence-corrected chi connectivity index (χ4v) is 6.14. The van der Waals surface area contributed by atoms with Crippen LogP contribution in [0.2, 0.25) is 5.02 Å². The predicted octanol–water partition coefficient (Wildman–Crippen LogP) is 6.37. The zero-order valence-corrected chi connectivity index (χ0v) is 28.3. The fraction of sp³-hybridized carbons (Fsp3) is 0.342. The lowest BCUT2D eigenvalue weighted by molar-refractivity contribution is -0.123. The number of nitrogens with zero attached hydrogens (tertiary/aromatic N) is 1. The summed E-state index contributed by atoms with van der Waals surface area (Å²) in [4.78, 5) is 27.4. The number of carbonyl (C=O) groups is 2. The molecule has 0 bridgehead atoms. The zero-order valence-electron chi connectivity index (χ0n) is 27.5. The lowest BCUT2D eigenvalue weighted by Crippen LogP contribution is -2.51. The average Bonchev–Trinajstić information content (AvgIpc) is 3.57. The Morgan fingerprint density at radius 2 is 1.75 bits per heavy atom. The highest BCUT2D eigenvalue weighted by Crippen LogP contribution is 2.36. The highest BCUT2D eigenvalue weighted by atomic mass is 35.5. The second-order valence-electron chi connectivity index (χ2n) is 12.5. The van der Waals surface area contributed by atoms with Crippen LogP contribution in [0.4, 0.5) is 0 Å². The number of hydrogen-bond acceptors (Lipinski definition) is 7. The topological polar surface area (TPSA) is 142 Å². The van der Waals surface area contributed by atoms with Crippen LogP contribution < -0.4 is 26.4 Å². The van der Waals surface area contributed by atoms with Gasteiger partial charge in [-0.15, -0.1) is 0 Å². The monoisotopic (exact) mass is 667 g/mol. The number of aryl methyl sites for hydroxylation is 1. The van der Waals surface area contributed by atoms with Gasteiger partial charge in [0.25, 0.3) is 5.91 Å². The van der Waals surface area contributed by atoms with Crippen LogP contribution in [0.3, 0.4) is 0 Å². The summed E-state index contributed by atoms with van der Waals surface area (Å²) in [6.45, 7) is 4.66. The number of carbonyl (C=O) groups excluding carboxylic acids is 2. The number of nitrogens with two attached hydrogens (primary N) is 1. The molecule has 1 aliphatic rings. The van der Waals surface area contributed by atoms with Crippen molar-refractivity contribution in [2.45, 2.75) is 76.7 Å². The van der Waals surface area contributed by atoms with E-state index in [4.69, 9.17) is 26.5 Å². The largest absolute Gasteiger partial charge is 0.496 e. The van der Waals surface area contributed by atoms with Gasteiger partial charge in [0.05, 0.1) is 41.4 Å². The van der Waals surface area contributed by atoms with E-state index in [0.29, 0.717) is 29.2 Å². The van der Waals surface area contributed by atoms with Crippen molar-refractivity contribution in [2.24, 2.45) is 5.73 Å². The van der Waals surface area contributed by atoms with E-state index in [9.17, 15) is 14.9 Å². The summed E-state index contributed by atoms with van der Waals surface area (Å²) in [6.07, 6.45) is 3.45. The minimum absolute atomic E-state index is 0.0173. The Morgan fingerprint density at radius 1 is 1.04 bits per heavy atom. The Hall–Kier alpha value is -4.62. The van der Waals surface area contributed by atoms with Gasteiger partial charge in [-0.3, -0.25) is 9.59 Å². The summed E-state index contributed by atoms with van der Waals surface area (Å²) in [6, 6.07) is 23.7. The summed E-state index contributed by atoms with van der Waals surface area (Å²) in [7, 11) is 1.53. The van der Waals surface area contributed by atoms with E-state index in [1.807, 2.05) is 12.1 Å². The van der Waals surface area contributed by atoms with Crippen LogP contribution in [0, 0.1) is 18.3 Å². The van der Waals surface area contributed by atoms with Crippen LogP contribution >= 0.6 is 11.6 Å². The molecule has 0 spiro atoms. The van der Waals surface area contributed by atoms with Crippen molar-refractivity contribution in [3.63, 3.8) is 0 Å². The number of methoxy groups -OCH3 is 1. The zero-order chi connectivity index (χ0) is 34.2. The van der Waals surface area contributed by atoms with Gasteiger partial charge >= 0.3 is 0 Å². The number of furan rings is 1. The molecule has 5 rings (SSSR count). The lowest BCUT2D eigenvalue weighted by atomic mass is 9.91. The third-order valence-corrected chi connectivity index (χ3v) is 9.20. The van der Waals surface area contributed by atoms with Crippen molar-refractivity contribution < 1.29 is 18.7 Å². The van der Waals surface area contributed by atoms with Gasteiger partial charge in [0.15, 0.2) is 0 Å². The molecule has 1 heterocycles. The smallest absolute Gasteiger partial charge is 0.253 e. The molecule has 0 saturated heterocycles. The Bertz CT molecular complexity index is 1760. The lowest BCUT2D eigenvalue weighted by Gasteiger charge is -2.29. The number of nitriles is 1. The minimum atomic E-state index is -0.889. The van der Waals surface area contributed by atoms with Crippen LogP contribution in [0.1, 0.15) is 77.0 Å². The van der Waals surface area contributed by atoms with Gasteiger partial charge in [0, 0.05) is 30.6 Å². The first-order chi connectivity index (χ1) is 23.1. The number of nitrogens with one attached hydrogen (secondary N) is 3. The minimum Gasteiger partial charge on any atom is -0.496 e. The van der Waals surface area contributed by atoms with Crippen LogP contribution in [-0.2, 0) is 17.8 Å². The molecule has 1 fully saturated rings. The molecule has 2 unspecified atom stereocenters. The molecular formula is C38H42ClN5O4. The van der Waals surface area contributed by atoms with E-state index in [1.54, 1.807) is 36.4 Å². The molecule has 250 valence electrons. The van der Waals surface area contributed by atoms with Crippen LogP contribution in [0.15, 0.2) is 77.2 Å². The maximum atomic E-state index is 13.8. The molecule has 10 heteroatoms. The van der Waals surface area contributed by atoms with E-state index in [0.717, 1.165) is 37.0 Å². The second kappa shape index (κ2) is 16.0. The molecule has 5 N–H and O–H groups in total. The Morgan fingerprint density at radius 3 is 2.42 bits per heavy atom. The molecule has 1 aromatic heterocycles. The Kier molecular flexibility index (Phi) is 11.6. The predicted molar refractivity (Wildman–Crippen MR) is 187 cm³/mol. The molecule has 1 saturated carbocycles. The van der Waals surface area contributed by atoms with E-state index < -0.39 is 11.9 Å². The molecule has 3 aromatic carbocycles. The summed E-state index contributed by atoms with van der Waals surface area (Å²) >= 11 is 6.62. The highest BCUT2D eigenvalue weighted by Gasteiger charge is 2.28. The highest BCUT2D eigenvalue weighted by molar-refractivity contribution is 6.34. The quantitative estimate of drug-likeness (QED) is 0.138. The first kappa shape index (κ1) is 34.7. The van der Waals surface area contributed by atoms with Gasteiger partial charge in [0.2, 0.25) is 5.91 Å². The van der Waals surface area contributed by atoms with Crippen molar-refractivity contribution in [3.05, 3.63) is 111 Å². The second-order valence-corrected chi connectivity index (χ2v) is 12.9. The molecule has 48 heavy (non-hydrogen) atoms. The molecule has 4 aromatic rings. The molecule has 2 amide bonds. The van der Waals surface area contributed by atoms with Crippen molar-refractivity contribution in [3.8, 4) is 23.1 Å². The van der Waals surface area contributed by atoms with Crippen LogP contribution in [0.5, 0.6) is 5.75 Å². The molecule has 1 aliphatic carbocycles. The fourth-order valence-electron chi connectivity index (χ4n) is 5.90. The number of rotatable bonds is 12. The third kappa shape index (κ3) is 8.84. The van der Waals surface area contributed by atoms with Crippen molar-refractivity contribution >= 4 is 23.4 Å². The molecule has 2 atom stereocenters. The molecule has 0 radical (unpaired) electrons. The number of ether oxygens (including phenoxy) is 1. The Balaban J connectivity index is 1.34. The van der Waals surface area contributed by atoms with Crippen molar-refractivity contribution in [1.29, 1.82) is 5.26 Å². The first-order valence-electron chi connectivity index (χ1n) is 16.3. The van der Waals surface area contributed by atoms with Gasteiger partial charge in [-0.2, -0.15) is 5.26 Å². The summed E-state index contributed by atoms with van der Waals surface area (Å²) in [5, 5.41) is 18.9. The SMILES string of the molecule is COc1cc(Cl)c(C(=O)NC(Cc2ccc(C#N)cc2)C(=O)NC2CCC(N)CC2)cc1-c1ccc(CNC(C)c2ccc(C)cc2)o1. The normalized spacial score (nSPS) is 17.2. The molecule has 9 nitrogen and oxygen atoms in total. The Labute approximate surface area is 286 Å². The third-order valence-electron chi connectivity index (χ3n) is 8.88. The van der Waals surface area contributed by atoms with E-state index in [-0.39, 0.29) is 41.0 Å². The van der Waals surface area contributed by atoms with E-state index in [1.165, 1.54) is 18.2 Å². The maximum absolute atomic E-state index is 13.8. The summed E-state index contributed by atoms with van der Waals surface area (Å²) in [5.74, 6) is 0.875.